The summed E-state index contributed by atoms with van der Waals surface area (Å²) in [7, 11) is 1.99. The van der Waals surface area contributed by atoms with Crippen molar-refractivity contribution in [2.45, 2.75) is 69.2 Å². The largest absolute Gasteiger partial charge is 0.350 e. The predicted octanol–water partition coefficient (Wildman–Crippen LogP) is 5.50. The number of nitrogens with zero attached hydrogens (tertiary/aromatic N) is 2. The van der Waals surface area contributed by atoms with Crippen molar-refractivity contribution in [1.29, 1.82) is 0 Å². The van der Waals surface area contributed by atoms with Crippen LogP contribution < -0.4 is 5.32 Å². The van der Waals surface area contributed by atoms with Gasteiger partial charge in [-0.2, -0.15) is 0 Å². The van der Waals surface area contributed by atoms with Crippen LogP contribution in [0.3, 0.4) is 0 Å². The molecule has 0 spiro atoms. The number of hydrogen-bond acceptors (Lipinski definition) is 3. The molecule has 2 unspecified atom stereocenters. The highest BCUT2D eigenvalue weighted by Crippen LogP contribution is 2.34. The third kappa shape index (κ3) is 5.83. The minimum atomic E-state index is -2.54. The zero-order valence-electron chi connectivity index (χ0n) is 16.2. The SMILES string of the molecule is CC1SC(=NC2CCCCC2)N(C)C1CC(=O)Nc1cccc(C(F)F)c1.Cl. The van der Waals surface area contributed by atoms with Crippen LogP contribution in [0.4, 0.5) is 14.5 Å². The molecule has 3 rings (SSSR count). The Morgan fingerprint density at radius 2 is 2.04 bits per heavy atom. The lowest BCUT2D eigenvalue weighted by molar-refractivity contribution is -0.117. The number of carbonyl (C=O) groups is 1. The summed E-state index contributed by atoms with van der Waals surface area (Å²) in [4.78, 5) is 19.5. The Balaban J connectivity index is 0.00000280. The van der Waals surface area contributed by atoms with E-state index in [1.807, 2.05) is 7.05 Å². The number of amides is 1. The van der Waals surface area contributed by atoms with Crippen molar-refractivity contribution in [2.75, 3.05) is 12.4 Å². The van der Waals surface area contributed by atoms with Crippen LogP contribution in [-0.4, -0.2) is 40.4 Å². The van der Waals surface area contributed by atoms with Gasteiger partial charge in [0.05, 0.1) is 12.1 Å². The summed E-state index contributed by atoms with van der Waals surface area (Å²) in [6.45, 7) is 2.11. The molecule has 1 N–H and O–H groups in total. The number of halogens is 3. The molecule has 1 aliphatic heterocycles. The number of anilines is 1. The van der Waals surface area contributed by atoms with E-state index in [-0.39, 0.29) is 35.2 Å². The molecule has 1 heterocycles. The zero-order valence-corrected chi connectivity index (χ0v) is 17.9. The van der Waals surface area contributed by atoms with Gasteiger partial charge in [-0.25, -0.2) is 8.78 Å². The van der Waals surface area contributed by atoms with E-state index >= 15 is 0 Å². The summed E-state index contributed by atoms with van der Waals surface area (Å²) in [5.74, 6) is -0.162. The molecular formula is C20H28ClF2N3OS. The van der Waals surface area contributed by atoms with Gasteiger partial charge in [0, 0.05) is 30.0 Å². The predicted molar refractivity (Wildman–Crippen MR) is 115 cm³/mol. The van der Waals surface area contributed by atoms with E-state index < -0.39 is 6.43 Å². The molecule has 28 heavy (non-hydrogen) atoms. The van der Waals surface area contributed by atoms with Crippen LogP contribution in [0.5, 0.6) is 0 Å². The second kappa shape index (κ2) is 10.4. The van der Waals surface area contributed by atoms with Crippen molar-refractivity contribution in [3.63, 3.8) is 0 Å². The van der Waals surface area contributed by atoms with E-state index in [9.17, 15) is 13.6 Å². The Hall–Kier alpha value is -1.34. The first-order valence-electron chi connectivity index (χ1n) is 9.59. The van der Waals surface area contributed by atoms with E-state index in [1.54, 1.807) is 17.8 Å². The van der Waals surface area contributed by atoms with Gasteiger partial charge < -0.3 is 10.2 Å². The van der Waals surface area contributed by atoms with Crippen molar-refractivity contribution in [3.8, 4) is 0 Å². The number of alkyl halides is 2. The van der Waals surface area contributed by atoms with Crippen LogP contribution >= 0.6 is 24.2 Å². The van der Waals surface area contributed by atoms with Gasteiger partial charge in [-0.3, -0.25) is 9.79 Å². The third-order valence-corrected chi connectivity index (χ3v) is 6.61. The van der Waals surface area contributed by atoms with Crippen LogP contribution in [0.1, 0.15) is 57.4 Å². The average Bonchev–Trinajstić information content (AvgIpc) is 2.90. The number of benzene rings is 1. The quantitative estimate of drug-likeness (QED) is 0.669. The molecule has 0 radical (unpaired) electrons. The number of carbonyl (C=O) groups excluding carboxylic acids is 1. The summed E-state index contributed by atoms with van der Waals surface area (Å²) in [5.41, 5.74) is 0.325. The fraction of sp³-hybridized carbons (Fsp3) is 0.600. The van der Waals surface area contributed by atoms with Gasteiger partial charge in [0.1, 0.15) is 0 Å². The molecule has 0 aromatic heterocycles. The highest BCUT2D eigenvalue weighted by molar-refractivity contribution is 8.14. The first-order chi connectivity index (χ1) is 12.9. The summed E-state index contributed by atoms with van der Waals surface area (Å²) in [6, 6.07) is 6.31. The summed E-state index contributed by atoms with van der Waals surface area (Å²) in [5, 5.41) is 4.03. The second-order valence-corrected chi connectivity index (χ2v) is 8.73. The van der Waals surface area contributed by atoms with Crippen molar-refractivity contribution < 1.29 is 13.6 Å². The topological polar surface area (TPSA) is 44.7 Å². The minimum Gasteiger partial charge on any atom is -0.350 e. The van der Waals surface area contributed by atoms with Gasteiger partial charge in [0.15, 0.2) is 5.17 Å². The summed E-state index contributed by atoms with van der Waals surface area (Å²) in [6.07, 6.45) is 3.86. The zero-order chi connectivity index (χ0) is 19.4. The lowest BCUT2D eigenvalue weighted by atomic mass is 9.96. The molecule has 1 aromatic carbocycles. The van der Waals surface area contributed by atoms with Gasteiger partial charge in [0.25, 0.3) is 6.43 Å². The maximum Gasteiger partial charge on any atom is 0.263 e. The van der Waals surface area contributed by atoms with Gasteiger partial charge >= 0.3 is 0 Å². The molecule has 2 fully saturated rings. The third-order valence-electron chi connectivity index (χ3n) is 5.32. The Kier molecular flexibility index (Phi) is 8.56. The van der Waals surface area contributed by atoms with Crippen LogP contribution in [0.15, 0.2) is 29.3 Å². The summed E-state index contributed by atoms with van der Waals surface area (Å²) < 4.78 is 25.6. The smallest absolute Gasteiger partial charge is 0.263 e. The molecular weight excluding hydrogens is 404 g/mol. The van der Waals surface area contributed by atoms with E-state index in [0.29, 0.717) is 18.2 Å². The molecule has 2 aliphatic rings. The molecule has 1 saturated heterocycles. The number of rotatable bonds is 5. The molecule has 156 valence electrons. The van der Waals surface area contributed by atoms with E-state index in [0.717, 1.165) is 18.0 Å². The number of nitrogens with one attached hydrogen (secondary N) is 1. The Morgan fingerprint density at radius 3 is 2.71 bits per heavy atom. The van der Waals surface area contributed by atoms with Crippen LogP contribution in [0.25, 0.3) is 0 Å². The minimum absolute atomic E-state index is 0. The monoisotopic (exact) mass is 431 g/mol. The average molecular weight is 432 g/mol. The van der Waals surface area contributed by atoms with Crippen LogP contribution in [-0.2, 0) is 4.79 Å². The van der Waals surface area contributed by atoms with Gasteiger partial charge in [-0.15, -0.1) is 12.4 Å². The van der Waals surface area contributed by atoms with Crippen LogP contribution in [0.2, 0.25) is 0 Å². The van der Waals surface area contributed by atoms with E-state index in [4.69, 9.17) is 4.99 Å². The summed E-state index contributed by atoms with van der Waals surface area (Å²) >= 11 is 1.73. The lowest BCUT2D eigenvalue weighted by Crippen LogP contribution is -2.36. The Labute approximate surface area is 176 Å². The molecule has 2 atom stereocenters. The van der Waals surface area contributed by atoms with Crippen molar-refractivity contribution in [2.24, 2.45) is 4.99 Å². The molecule has 1 aliphatic carbocycles. The molecule has 8 heteroatoms. The molecule has 1 aromatic rings. The molecule has 1 saturated carbocycles. The fourth-order valence-corrected chi connectivity index (χ4v) is 5.01. The number of hydrogen-bond donors (Lipinski definition) is 1. The molecule has 1 amide bonds. The van der Waals surface area contributed by atoms with Gasteiger partial charge in [-0.05, 0) is 25.0 Å². The van der Waals surface area contributed by atoms with Crippen molar-refractivity contribution in [1.82, 2.24) is 4.90 Å². The highest BCUT2D eigenvalue weighted by Gasteiger charge is 2.36. The van der Waals surface area contributed by atoms with E-state index in [2.05, 4.69) is 17.1 Å². The van der Waals surface area contributed by atoms with Gasteiger partial charge in [0.2, 0.25) is 5.91 Å². The lowest BCUT2D eigenvalue weighted by Gasteiger charge is -2.24. The Bertz CT molecular complexity index is 698. The van der Waals surface area contributed by atoms with Gasteiger partial charge in [-0.1, -0.05) is 50.1 Å². The van der Waals surface area contributed by atoms with Crippen molar-refractivity contribution in [3.05, 3.63) is 29.8 Å². The normalized spacial score (nSPS) is 24.5. The Morgan fingerprint density at radius 1 is 1.32 bits per heavy atom. The maximum absolute atomic E-state index is 12.8. The number of thioether (sulfide) groups is 1. The number of amidine groups is 1. The molecule has 4 nitrogen and oxygen atoms in total. The standard InChI is InChI=1S/C20H27F2N3OS.ClH/c1-13-17(25(2)20(27-13)24-15-8-4-3-5-9-15)12-18(26)23-16-10-6-7-14(11-16)19(21)22;/h6-7,10-11,13,15,17,19H,3-5,8-9,12H2,1-2H3,(H,23,26);1H. The first-order valence-corrected chi connectivity index (χ1v) is 10.5. The number of aliphatic imine (C=N–C) groups is 1. The van der Waals surface area contributed by atoms with E-state index in [1.165, 1.54) is 37.5 Å². The first kappa shape index (κ1) is 22.9. The van der Waals surface area contributed by atoms with Crippen LogP contribution in [0, 0.1) is 0 Å². The maximum atomic E-state index is 12.8. The second-order valence-electron chi connectivity index (χ2n) is 7.38. The molecule has 0 bridgehead atoms. The van der Waals surface area contributed by atoms with Crippen molar-refractivity contribution >= 4 is 40.9 Å². The fourth-order valence-electron chi connectivity index (χ4n) is 3.73. The highest BCUT2D eigenvalue weighted by atomic mass is 35.5.